The first kappa shape index (κ1) is 10.0. The van der Waals surface area contributed by atoms with E-state index in [0.29, 0.717) is 5.41 Å². The lowest BCUT2D eigenvalue weighted by Crippen LogP contribution is -2.26. The quantitative estimate of drug-likeness (QED) is 0.602. The Morgan fingerprint density at radius 1 is 1.21 bits per heavy atom. The van der Waals surface area contributed by atoms with Crippen molar-refractivity contribution in [3.63, 3.8) is 0 Å². The van der Waals surface area contributed by atoms with E-state index in [1.807, 2.05) is 0 Å². The Morgan fingerprint density at radius 2 is 1.71 bits per heavy atom. The molecule has 1 radical (unpaired) electrons. The molecule has 1 unspecified atom stereocenters. The molecule has 1 aliphatic heterocycles. The lowest BCUT2D eigenvalue weighted by molar-refractivity contribution is -0.117. The zero-order valence-corrected chi connectivity index (χ0v) is 9.30. The Hall–Kier alpha value is -0.530. The minimum absolute atomic E-state index is 0.00536. The fourth-order valence-corrected chi connectivity index (χ4v) is 2.45. The summed E-state index contributed by atoms with van der Waals surface area (Å²) in [4.78, 5) is 10.8. The number of epoxide rings is 1. The number of cyclic esters (lactones) is 1. The molecular formula is C12H19O2. The van der Waals surface area contributed by atoms with E-state index in [4.69, 9.17) is 4.74 Å². The average molecular weight is 195 g/mol. The fourth-order valence-electron chi connectivity index (χ4n) is 2.45. The molecule has 2 heteroatoms. The van der Waals surface area contributed by atoms with Crippen LogP contribution in [0.4, 0.5) is 0 Å². The van der Waals surface area contributed by atoms with Crippen LogP contribution in [0.1, 0.15) is 46.5 Å². The number of rotatable bonds is 1. The van der Waals surface area contributed by atoms with Gasteiger partial charge in [0.2, 0.25) is 6.10 Å². The summed E-state index contributed by atoms with van der Waals surface area (Å²) in [5.74, 6) is 2.14. The van der Waals surface area contributed by atoms with Crippen LogP contribution in [-0.4, -0.2) is 12.1 Å². The molecule has 2 rings (SSSR count). The van der Waals surface area contributed by atoms with Gasteiger partial charge in [-0.1, -0.05) is 20.8 Å². The molecule has 1 saturated carbocycles. The topological polar surface area (TPSA) is 29.6 Å². The van der Waals surface area contributed by atoms with Crippen LogP contribution in [0.2, 0.25) is 0 Å². The number of hydrogen-bond donors (Lipinski definition) is 0. The Bertz CT molecular complexity index is 231. The molecule has 0 N–H and O–H groups in total. The monoisotopic (exact) mass is 195 g/mol. The van der Waals surface area contributed by atoms with E-state index in [2.05, 4.69) is 20.8 Å². The predicted octanol–water partition coefficient (Wildman–Crippen LogP) is 2.72. The van der Waals surface area contributed by atoms with Crippen molar-refractivity contribution in [1.82, 2.24) is 0 Å². The van der Waals surface area contributed by atoms with Gasteiger partial charge in [-0.3, -0.25) is 0 Å². The Balaban J connectivity index is 1.83. The maximum atomic E-state index is 10.8. The average Bonchev–Trinajstić information content (AvgIpc) is 2.81. The number of carbonyl (C=O) groups excluding carboxylic acids is 1. The van der Waals surface area contributed by atoms with Gasteiger partial charge in [0, 0.05) is 5.92 Å². The Kier molecular flexibility index (Phi) is 2.32. The maximum absolute atomic E-state index is 10.8. The molecule has 0 amide bonds. The van der Waals surface area contributed by atoms with Gasteiger partial charge < -0.3 is 4.74 Å². The normalized spacial score (nSPS) is 30.2. The van der Waals surface area contributed by atoms with Crippen molar-refractivity contribution in [2.75, 3.05) is 0 Å². The third-order valence-corrected chi connectivity index (χ3v) is 3.61. The van der Waals surface area contributed by atoms with Gasteiger partial charge in [-0.2, -0.15) is 0 Å². The van der Waals surface area contributed by atoms with Crippen molar-refractivity contribution < 1.29 is 9.53 Å². The molecule has 2 fully saturated rings. The highest BCUT2D eigenvalue weighted by Crippen LogP contribution is 2.44. The molecule has 1 aliphatic carbocycles. The van der Waals surface area contributed by atoms with Gasteiger partial charge in [0.15, 0.2) is 0 Å². The van der Waals surface area contributed by atoms with Crippen LogP contribution in [-0.2, 0) is 9.53 Å². The van der Waals surface area contributed by atoms with E-state index < -0.39 is 0 Å². The molecule has 2 nitrogen and oxygen atoms in total. The first-order valence-corrected chi connectivity index (χ1v) is 5.53. The van der Waals surface area contributed by atoms with Crippen molar-refractivity contribution >= 4 is 5.97 Å². The fraction of sp³-hybridized carbons (Fsp3) is 0.833. The highest BCUT2D eigenvalue weighted by atomic mass is 16.6. The zero-order chi connectivity index (χ0) is 10.3. The van der Waals surface area contributed by atoms with E-state index in [-0.39, 0.29) is 12.1 Å². The van der Waals surface area contributed by atoms with Crippen molar-refractivity contribution in [1.29, 1.82) is 0 Å². The second kappa shape index (κ2) is 3.25. The van der Waals surface area contributed by atoms with Crippen LogP contribution in [0.5, 0.6) is 0 Å². The minimum atomic E-state index is -0.101. The summed E-state index contributed by atoms with van der Waals surface area (Å²) in [6, 6.07) is 0. The van der Waals surface area contributed by atoms with Crippen LogP contribution in [0.3, 0.4) is 0 Å². The van der Waals surface area contributed by atoms with E-state index in [0.717, 1.165) is 18.8 Å². The van der Waals surface area contributed by atoms with E-state index in [1.165, 1.54) is 18.8 Å². The summed E-state index contributed by atoms with van der Waals surface area (Å²) >= 11 is 0. The Labute approximate surface area is 86.0 Å². The molecule has 0 aromatic rings. The molecule has 1 atom stereocenters. The summed E-state index contributed by atoms with van der Waals surface area (Å²) in [7, 11) is 0. The van der Waals surface area contributed by atoms with Crippen LogP contribution < -0.4 is 0 Å². The molecule has 0 bridgehead atoms. The summed E-state index contributed by atoms with van der Waals surface area (Å²) in [6.45, 7) is 6.92. The third kappa shape index (κ3) is 1.94. The molecule has 79 valence electrons. The summed E-state index contributed by atoms with van der Waals surface area (Å²) in [5.41, 5.74) is 0.417. The summed E-state index contributed by atoms with van der Waals surface area (Å²) < 4.78 is 4.90. The number of ether oxygens (including phenoxy) is 1. The second-order valence-corrected chi connectivity index (χ2v) is 5.62. The smallest absolute Gasteiger partial charge is 0.348 e. The van der Waals surface area contributed by atoms with Crippen molar-refractivity contribution in [3.8, 4) is 0 Å². The number of carbonyl (C=O) groups is 1. The predicted molar refractivity (Wildman–Crippen MR) is 54.5 cm³/mol. The largest absolute Gasteiger partial charge is 0.447 e. The van der Waals surface area contributed by atoms with Crippen LogP contribution in [0, 0.1) is 17.3 Å². The van der Waals surface area contributed by atoms with Gasteiger partial charge in [0.05, 0.1) is 0 Å². The minimum Gasteiger partial charge on any atom is -0.447 e. The summed E-state index contributed by atoms with van der Waals surface area (Å²) in [5, 5.41) is 0. The lowest BCUT2D eigenvalue weighted by atomic mass is 9.69. The van der Waals surface area contributed by atoms with Crippen molar-refractivity contribution in [2.24, 2.45) is 11.3 Å². The van der Waals surface area contributed by atoms with Gasteiger partial charge >= 0.3 is 5.97 Å². The lowest BCUT2D eigenvalue weighted by Gasteiger charge is -2.35. The third-order valence-electron chi connectivity index (χ3n) is 3.61. The summed E-state index contributed by atoms with van der Waals surface area (Å²) in [6.07, 6.45) is 4.55. The first-order chi connectivity index (χ1) is 6.48. The van der Waals surface area contributed by atoms with E-state index >= 15 is 0 Å². The Morgan fingerprint density at radius 3 is 2.07 bits per heavy atom. The highest BCUT2D eigenvalue weighted by Gasteiger charge is 2.47. The van der Waals surface area contributed by atoms with Gasteiger partial charge in [-0.15, -0.1) is 0 Å². The van der Waals surface area contributed by atoms with Gasteiger partial charge in [-0.05, 0) is 37.0 Å². The maximum Gasteiger partial charge on any atom is 0.348 e. The molecule has 14 heavy (non-hydrogen) atoms. The molecular weight excluding hydrogens is 176 g/mol. The molecule has 1 heterocycles. The van der Waals surface area contributed by atoms with Crippen molar-refractivity contribution in [2.45, 2.75) is 52.6 Å². The van der Waals surface area contributed by atoms with Gasteiger partial charge in [0.1, 0.15) is 0 Å². The SMILES string of the molecule is CC(C)(C)C1CC[C](C2OC2=O)CC1. The highest BCUT2D eigenvalue weighted by molar-refractivity contribution is 5.90. The van der Waals surface area contributed by atoms with E-state index in [9.17, 15) is 4.79 Å². The standard InChI is InChI=1S/C12H19O2/c1-12(2,3)9-6-4-8(5-7-9)10-11(13)14-10/h9-10H,4-7H2,1-3H3. The van der Waals surface area contributed by atoms with Crippen LogP contribution in [0.25, 0.3) is 0 Å². The zero-order valence-electron chi connectivity index (χ0n) is 9.30. The number of hydrogen-bond acceptors (Lipinski definition) is 2. The van der Waals surface area contributed by atoms with E-state index in [1.54, 1.807) is 0 Å². The second-order valence-electron chi connectivity index (χ2n) is 5.62. The van der Waals surface area contributed by atoms with Gasteiger partial charge in [0.25, 0.3) is 0 Å². The first-order valence-electron chi connectivity index (χ1n) is 5.53. The van der Waals surface area contributed by atoms with Crippen LogP contribution >= 0.6 is 0 Å². The van der Waals surface area contributed by atoms with Crippen LogP contribution in [0.15, 0.2) is 0 Å². The van der Waals surface area contributed by atoms with Crippen molar-refractivity contribution in [3.05, 3.63) is 5.92 Å². The van der Waals surface area contributed by atoms with Gasteiger partial charge in [-0.25, -0.2) is 4.79 Å². The molecule has 0 spiro atoms. The molecule has 0 aromatic carbocycles. The molecule has 1 saturated heterocycles. The molecule has 0 aromatic heterocycles. The molecule has 2 aliphatic rings.